The van der Waals surface area contributed by atoms with Crippen molar-refractivity contribution in [1.29, 1.82) is 0 Å². The zero-order chi connectivity index (χ0) is 10.1. The summed E-state index contributed by atoms with van der Waals surface area (Å²) < 4.78 is 2.01. The normalized spacial score (nSPS) is 20.4. The molecule has 0 aliphatic carbocycles. The molecule has 2 rings (SSSR count). The van der Waals surface area contributed by atoms with E-state index in [0.717, 1.165) is 24.2 Å². The van der Waals surface area contributed by atoms with Crippen LogP contribution in [0, 0.1) is 0 Å². The monoisotopic (exact) mass is 188 g/mol. The number of hydrogen-bond acceptors (Lipinski definition) is 2. The van der Waals surface area contributed by atoms with Gasteiger partial charge in [-0.15, -0.1) is 0 Å². The van der Waals surface area contributed by atoms with Gasteiger partial charge in [0.1, 0.15) is 11.5 Å². The molecule has 1 aromatic rings. The van der Waals surface area contributed by atoms with Crippen LogP contribution in [0.3, 0.4) is 0 Å². The second-order valence-electron chi connectivity index (χ2n) is 3.25. The topological polar surface area (TPSA) is 34.9 Å². The third-order valence-electron chi connectivity index (χ3n) is 2.48. The van der Waals surface area contributed by atoms with Crippen LogP contribution >= 0.6 is 0 Å². The Hall–Kier alpha value is -1.64. The Labute approximate surface area is 82.8 Å². The molecule has 0 atom stereocenters. The van der Waals surface area contributed by atoms with Gasteiger partial charge in [-0.1, -0.05) is 12.2 Å². The lowest BCUT2D eigenvalue weighted by Crippen LogP contribution is -1.89. The lowest BCUT2D eigenvalue weighted by molar-refractivity contribution is 0.111. The van der Waals surface area contributed by atoms with Crippen LogP contribution in [-0.2, 0) is 6.54 Å². The molecule has 0 unspecified atom stereocenters. The van der Waals surface area contributed by atoms with E-state index >= 15 is 0 Å². The van der Waals surface area contributed by atoms with Gasteiger partial charge >= 0.3 is 0 Å². The highest BCUT2D eigenvalue weighted by Gasteiger charge is 2.22. The summed E-state index contributed by atoms with van der Waals surface area (Å²) in [5.41, 5.74) is 2.92. The summed E-state index contributed by atoms with van der Waals surface area (Å²) >= 11 is 0. The van der Waals surface area contributed by atoms with Crippen molar-refractivity contribution in [2.24, 2.45) is 0 Å². The summed E-state index contributed by atoms with van der Waals surface area (Å²) in [4.78, 5) is 14.8. The first-order chi connectivity index (χ1) is 6.80. The molecule has 0 fully saturated rings. The zero-order valence-electron chi connectivity index (χ0n) is 8.32. The lowest BCUT2D eigenvalue weighted by atomic mass is 10.1. The van der Waals surface area contributed by atoms with Crippen molar-refractivity contribution >= 4 is 11.9 Å². The van der Waals surface area contributed by atoms with Gasteiger partial charge in [0.2, 0.25) is 0 Å². The van der Waals surface area contributed by atoms with E-state index < -0.39 is 0 Å². The molecule has 0 spiro atoms. The summed E-state index contributed by atoms with van der Waals surface area (Å²) in [6.07, 6.45) is 6.70. The highest BCUT2D eigenvalue weighted by atomic mass is 16.1. The second-order valence-corrected chi connectivity index (χ2v) is 3.25. The maximum absolute atomic E-state index is 10.5. The minimum absolute atomic E-state index is 0.509. The number of hydrogen-bond donors (Lipinski definition) is 0. The molecule has 1 aliphatic heterocycles. The molecule has 0 amide bonds. The molecule has 1 aromatic heterocycles. The summed E-state index contributed by atoms with van der Waals surface area (Å²) in [5.74, 6) is 0.905. The standard InChI is InChI=1S/C11H12N2O/c1-3-8-5-13-6-9(7-14)12-11(13)10(8)4-2/h3-4,6-7H,5H2,1-2H3. The number of rotatable bonds is 1. The molecule has 3 nitrogen and oxygen atoms in total. The molecule has 0 bridgehead atoms. The Kier molecular flexibility index (Phi) is 2.08. The second kappa shape index (κ2) is 3.25. The molecule has 0 saturated carbocycles. The number of fused-ring (bicyclic) bond motifs is 1. The molecule has 2 heterocycles. The van der Waals surface area contributed by atoms with Gasteiger partial charge in [-0.3, -0.25) is 4.79 Å². The van der Waals surface area contributed by atoms with Gasteiger partial charge in [0.15, 0.2) is 6.29 Å². The van der Waals surface area contributed by atoms with Crippen molar-refractivity contribution in [2.45, 2.75) is 20.4 Å². The first-order valence-electron chi connectivity index (χ1n) is 4.64. The highest BCUT2D eigenvalue weighted by molar-refractivity contribution is 5.81. The Bertz CT molecular complexity index is 438. The molecule has 0 radical (unpaired) electrons. The molecule has 3 heteroatoms. The molecular formula is C11H12N2O. The van der Waals surface area contributed by atoms with Gasteiger partial charge in [0.25, 0.3) is 0 Å². The number of allylic oxidation sites excluding steroid dienone is 4. The Morgan fingerprint density at radius 1 is 1.43 bits per heavy atom. The van der Waals surface area contributed by atoms with Gasteiger partial charge < -0.3 is 4.57 Å². The summed E-state index contributed by atoms with van der Waals surface area (Å²) in [7, 11) is 0. The molecule has 0 aromatic carbocycles. The van der Waals surface area contributed by atoms with Crippen LogP contribution in [0.25, 0.3) is 5.57 Å². The summed E-state index contributed by atoms with van der Waals surface area (Å²) in [5, 5.41) is 0. The zero-order valence-corrected chi connectivity index (χ0v) is 8.32. The SMILES string of the molecule is CC=C1Cn2cc(C=O)nc2C1=CC. The first kappa shape index (κ1) is 8.94. The lowest BCUT2D eigenvalue weighted by Gasteiger charge is -1.95. The average Bonchev–Trinajstić information content (AvgIpc) is 2.72. The van der Waals surface area contributed by atoms with Crippen molar-refractivity contribution in [3.05, 3.63) is 35.4 Å². The third kappa shape index (κ3) is 1.13. The van der Waals surface area contributed by atoms with Crippen LogP contribution < -0.4 is 0 Å². The van der Waals surface area contributed by atoms with Crippen molar-refractivity contribution in [3.63, 3.8) is 0 Å². The number of carbonyl (C=O) groups is 1. The van der Waals surface area contributed by atoms with E-state index in [-0.39, 0.29) is 0 Å². The fraction of sp³-hybridized carbons (Fsp3) is 0.273. The van der Waals surface area contributed by atoms with Crippen LogP contribution in [0.4, 0.5) is 0 Å². The number of imidazole rings is 1. The van der Waals surface area contributed by atoms with Crippen molar-refractivity contribution in [1.82, 2.24) is 9.55 Å². The number of aromatic nitrogens is 2. The minimum atomic E-state index is 0.509. The van der Waals surface area contributed by atoms with Gasteiger partial charge in [-0.2, -0.15) is 0 Å². The van der Waals surface area contributed by atoms with E-state index in [4.69, 9.17) is 0 Å². The molecular weight excluding hydrogens is 176 g/mol. The predicted molar refractivity (Wildman–Crippen MR) is 55.0 cm³/mol. The molecule has 1 aliphatic rings. The van der Waals surface area contributed by atoms with Crippen LogP contribution in [0.2, 0.25) is 0 Å². The van der Waals surface area contributed by atoms with Gasteiger partial charge in [0, 0.05) is 18.3 Å². The van der Waals surface area contributed by atoms with E-state index in [2.05, 4.69) is 11.1 Å². The number of aldehydes is 1. The van der Waals surface area contributed by atoms with Crippen molar-refractivity contribution in [3.8, 4) is 0 Å². The van der Waals surface area contributed by atoms with E-state index in [1.807, 2.05) is 24.5 Å². The first-order valence-corrected chi connectivity index (χ1v) is 4.64. The van der Waals surface area contributed by atoms with E-state index in [0.29, 0.717) is 5.69 Å². The van der Waals surface area contributed by atoms with E-state index in [1.54, 1.807) is 6.20 Å². The maximum Gasteiger partial charge on any atom is 0.170 e. The van der Waals surface area contributed by atoms with Crippen molar-refractivity contribution < 1.29 is 4.79 Å². The Balaban J connectivity index is 2.54. The molecule has 0 N–H and O–H groups in total. The predicted octanol–water partition coefficient (Wildman–Crippen LogP) is 2.06. The van der Waals surface area contributed by atoms with Gasteiger partial charge in [0.05, 0.1) is 0 Å². The van der Waals surface area contributed by atoms with E-state index in [9.17, 15) is 4.79 Å². The molecule has 72 valence electrons. The van der Waals surface area contributed by atoms with Gasteiger partial charge in [-0.25, -0.2) is 4.98 Å². The largest absolute Gasteiger partial charge is 0.326 e. The summed E-state index contributed by atoms with van der Waals surface area (Å²) in [6, 6.07) is 0. The van der Waals surface area contributed by atoms with Crippen LogP contribution in [0.5, 0.6) is 0 Å². The van der Waals surface area contributed by atoms with E-state index in [1.165, 1.54) is 5.57 Å². The fourth-order valence-corrected chi connectivity index (χ4v) is 1.80. The minimum Gasteiger partial charge on any atom is -0.326 e. The Morgan fingerprint density at radius 2 is 2.21 bits per heavy atom. The maximum atomic E-state index is 10.5. The highest BCUT2D eigenvalue weighted by Crippen LogP contribution is 2.30. The fourth-order valence-electron chi connectivity index (χ4n) is 1.80. The Morgan fingerprint density at radius 3 is 2.79 bits per heavy atom. The van der Waals surface area contributed by atoms with Crippen LogP contribution in [0.15, 0.2) is 23.9 Å². The number of carbonyl (C=O) groups excluding carboxylic acids is 1. The summed E-state index contributed by atoms with van der Waals surface area (Å²) in [6.45, 7) is 4.84. The number of nitrogens with zero attached hydrogens (tertiary/aromatic N) is 2. The van der Waals surface area contributed by atoms with Crippen LogP contribution in [-0.4, -0.2) is 15.8 Å². The average molecular weight is 188 g/mol. The third-order valence-corrected chi connectivity index (χ3v) is 2.48. The molecule has 14 heavy (non-hydrogen) atoms. The molecule has 0 saturated heterocycles. The van der Waals surface area contributed by atoms with Gasteiger partial charge in [-0.05, 0) is 19.4 Å². The van der Waals surface area contributed by atoms with Crippen molar-refractivity contribution in [2.75, 3.05) is 0 Å². The smallest absolute Gasteiger partial charge is 0.170 e. The van der Waals surface area contributed by atoms with Crippen LogP contribution in [0.1, 0.15) is 30.2 Å². The quantitative estimate of drug-likeness (QED) is 0.632.